The number of rotatable bonds is 7. The number of anilines is 1. The van der Waals surface area contributed by atoms with Crippen LogP contribution in [0.25, 0.3) is 0 Å². The molecule has 0 aliphatic rings. The van der Waals surface area contributed by atoms with E-state index in [0.717, 1.165) is 5.56 Å². The molecule has 22 heavy (non-hydrogen) atoms. The average molecular weight is 307 g/mol. The van der Waals surface area contributed by atoms with Crippen LogP contribution in [0.3, 0.4) is 0 Å². The lowest BCUT2D eigenvalue weighted by Gasteiger charge is -2.15. The highest BCUT2D eigenvalue weighted by atomic mass is 16.5. The van der Waals surface area contributed by atoms with Crippen LogP contribution in [0.1, 0.15) is 32.4 Å². The maximum Gasteiger partial charge on any atom is 0.243 e. The summed E-state index contributed by atoms with van der Waals surface area (Å²) in [6.07, 6.45) is -0.0550. The van der Waals surface area contributed by atoms with E-state index in [0.29, 0.717) is 5.69 Å². The van der Waals surface area contributed by atoms with Gasteiger partial charge in [-0.3, -0.25) is 9.59 Å². The van der Waals surface area contributed by atoms with Crippen molar-refractivity contribution in [2.24, 2.45) is 11.7 Å². The first-order chi connectivity index (χ1) is 10.3. The van der Waals surface area contributed by atoms with Crippen LogP contribution in [0.2, 0.25) is 0 Å². The van der Waals surface area contributed by atoms with Crippen molar-refractivity contribution in [2.45, 2.75) is 32.9 Å². The number of benzene rings is 1. The third-order valence-electron chi connectivity index (χ3n) is 3.44. The van der Waals surface area contributed by atoms with Crippen LogP contribution >= 0.6 is 0 Å². The van der Waals surface area contributed by atoms with Crippen molar-refractivity contribution >= 4 is 17.5 Å². The Labute approximate surface area is 131 Å². The molecular formula is C16H25N3O3. The zero-order valence-corrected chi connectivity index (χ0v) is 13.6. The minimum Gasteiger partial charge on any atom is -0.377 e. The van der Waals surface area contributed by atoms with Gasteiger partial charge in [0.2, 0.25) is 11.8 Å². The van der Waals surface area contributed by atoms with E-state index >= 15 is 0 Å². The number of methoxy groups -OCH3 is 1. The summed E-state index contributed by atoms with van der Waals surface area (Å²) in [6.45, 7) is 5.53. The van der Waals surface area contributed by atoms with Gasteiger partial charge in [0.25, 0.3) is 0 Å². The maximum atomic E-state index is 11.9. The van der Waals surface area contributed by atoms with Gasteiger partial charge in [-0.25, -0.2) is 0 Å². The Hall–Kier alpha value is -1.92. The summed E-state index contributed by atoms with van der Waals surface area (Å²) < 4.78 is 5.24. The van der Waals surface area contributed by atoms with Gasteiger partial charge in [0.15, 0.2) is 0 Å². The summed E-state index contributed by atoms with van der Waals surface area (Å²) >= 11 is 0. The summed E-state index contributed by atoms with van der Waals surface area (Å²) in [4.78, 5) is 23.6. The van der Waals surface area contributed by atoms with Gasteiger partial charge in [0, 0.05) is 12.8 Å². The molecule has 0 aromatic heterocycles. The van der Waals surface area contributed by atoms with E-state index in [1.165, 1.54) is 0 Å². The first-order valence-electron chi connectivity index (χ1n) is 7.31. The third-order valence-corrected chi connectivity index (χ3v) is 3.44. The van der Waals surface area contributed by atoms with Crippen LogP contribution in [0.15, 0.2) is 24.3 Å². The minimum atomic E-state index is -0.612. The number of amides is 2. The molecule has 1 aromatic rings. The molecule has 0 saturated heterocycles. The molecule has 0 aliphatic heterocycles. The highest BCUT2D eigenvalue weighted by Gasteiger charge is 2.17. The van der Waals surface area contributed by atoms with Gasteiger partial charge in [-0.15, -0.1) is 0 Å². The summed E-state index contributed by atoms with van der Waals surface area (Å²) in [5.74, 6) is -0.603. The zero-order valence-electron chi connectivity index (χ0n) is 13.6. The molecule has 2 atom stereocenters. The molecule has 0 radical (unpaired) electrons. The van der Waals surface area contributed by atoms with Crippen molar-refractivity contribution in [3.05, 3.63) is 29.8 Å². The third kappa shape index (κ3) is 5.46. The Morgan fingerprint density at radius 3 is 2.55 bits per heavy atom. The lowest BCUT2D eigenvalue weighted by atomic mass is 10.1. The van der Waals surface area contributed by atoms with E-state index in [-0.39, 0.29) is 30.4 Å². The second kappa shape index (κ2) is 8.51. The molecule has 4 N–H and O–H groups in total. The van der Waals surface area contributed by atoms with Crippen molar-refractivity contribution in [3.63, 3.8) is 0 Å². The number of hydrogen-bond donors (Lipinski definition) is 3. The lowest BCUT2D eigenvalue weighted by molar-refractivity contribution is -0.125. The summed E-state index contributed by atoms with van der Waals surface area (Å²) in [5, 5.41) is 5.27. The average Bonchev–Trinajstić information content (AvgIpc) is 2.51. The predicted molar refractivity (Wildman–Crippen MR) is 86.3 cm³/mol. The van der Waals surface area contributed by atoms with E-state index in [1.807, 2.05) is 39.0 Å². The molecule has 0 fully saturated rings. The number of hydrogen-bond acceptors (Lipinski definition) is 4. The van der Waals surface area contributed by atoms with Crippen LogP contribution in [-0.4, -0.2) is 31.5 Å². The second-order valence-corrected chi connectivity index (χ2v) is 5.54. The fourth-order valence-electron chi connectivity index (χ4n) is 1.80. The Morgan fingerprint density at radius 1 is 1.27 bits per heavy atom. The molecule has 1 rings (SSSR count). The Morgan fingerprint density at radius 2 is 1.95 bits per heavy atom. The molecule has 6 nitrogen and oxygen atoms in total. The Balaban J connectivity index is 2.54. The van der Waals surface area contributed by atoms with Crippen LogP contribution in [0.4, 0.5) is 5.69 Å². The summed E-state index contributed by atoms with van der Waals surface area (Å²) in [6, 6.07) is 6.78. The van der Waals surface area contributed by atoms with E-state index < -0.39 is 6.04 Å². The highest BCUT2D eigenvalue weighted by Crippen LogP contribution is 2.19. The van der Waals surface area contributed by atoms with Crippen LogP contribution < -0.4 is 16.4 Å². The maximum absolute atomic E-state index is 11.9. The van der Waals surface area contributed by atoms with Gasteiger partial charge in [-0.1, -0.05) is 26.0 Å². The number of nitrogens with one attached hydrogen (secondary N) is 2. The van der Waals surface area contributed by atoms with Crippen molar-refractivity contribution in [1.29, 1.82) is 0 Å². The summed E-state index contributed by atoms with van der Waals surface area (Å²) in [7, 11) is 1.63. The normalized spacial score (nSPS) is 13.5. The van der Waals surface area contributed by atoms with E-state index in [9.17, 15) is 9.59 Å². The second-order valence-electron chi connectivity index (χ2n) is 5.54. The van der Waals surface area contributed by atoms with Crippen LogP contribution in [0.5, 0.6) is 0 Å². The Kier molecular flexibility index (Phi) is 7.01. The number of ether oxygens (including phenoxy) is 1. The monoisotopic (exact) mass is 307 g/mol. The largest absolute Gasteiger partial charge is 0.377 e. The molecule has 1 unspecified atom stereocenters. The van der Waals surface area contributed by atoms with E-state index in [2.05, 4.69) is 10.6 Å². The fourth-order valence-corrected chi connectivity index (χ4v) is 1.80. The van der Waals surface area contributed by atoms with Gasteiger partial charge in [0.1, 0.15) is 0 Å². The summed E-state index contributed by atoms with van der Waals surface area (Å²) in [5.41, 5.74) is 7.33. The fraction of sp³-hybridized carbons (Fsp3) is 0.500. The first-order valence-corrected chi connectivity index (χ1v) is 7.31. The van der Waals surface area contributed by atoms with Crippen molar-refractivity contribution in [2.75, 3.05) is 19.0 Å². The number of carbonyl (C=O) groups excluding carboxylic acids is 2. The van der Waals surface area contributed by atoms with Gasteiger partial charge in [-0.05, 0) is 30.5 Å². The molecule has 6 heteroatoms. The molecule has 0 spiro atoms. The van der Waals surface area contributed by atoms with Crippen molar-refractivity contribution in [3.8, 4) is 0 Å². The number of carbonyl (C=O) groups is 2. The molecule has 0 aliphatic carbocycles. The molecule has 1 aromatic carbocycles. The lowest BCUT2D eigenvalue weighted by Crippen LogP contribution is -2.46. The SMILES string of the molecule is COC(C)c1cccc(NC(=O)CNC(=O)[C@@H](N)C(C)C)c1. The van der Waals surface area contributed by atoms with Crippen molar-refractivity contribution < 1.29 is 14.3 Å². The molecule has 2 amide bonds. The zero-order chi connectivity index (χ0) is 16.7. The quantitative estimate of drug-likeness (QED) is 0.710. The van der Waals surface area contributed by atoms with Crippen molar-refractivity contribution in [1.82, 2.24) is 5.32 Å². The minimum absolute atomic E-state index is 0.0234. The predicted octanol–water partition coefficient (Wildman–Crippen LogP) is 1.43. The van der Waals surface area contributed by atoms with Gasteiger partial charge in [0.05, 0.1) is 18.7 Å². The van der Waals surface area contributed by atoms with E-state index in [4.69, 9.17) is 10.5 Å². The van der Waals surface area contributed by atoms with Crippen LogP contribution in [-0.2, 0) is 14.3 Å². The van der Waals surface area contributed by atoms with Crippen LogP contribution in [0, 0.1) is 5.92 Å². The first kappa shape index (κ1) is 18.1. The number of nitrogens with two attached hydrogens (primary N) is 1. The van der Waals surface area contributed by atoms with Gasteiger partial charge in [-0.2, -0.15) is 0 Å². The van der Waals surface area contributed by atoms with E-state index in [1.54, 1.807) is 13.2 Å². The standard InChI is InChI=1S/C16H25N3O3/c1-10(2)15(17)16(21)18-9-14(20)19-13-7-5-6-12(8-13)11(3)22-4/h5-8,10-11,15H,9,17H2,1-4H3,(H,18,21)(H,19,20)/t11?,15-/m0/s1. The molecule has 0 bridgehead atoms. The molecule has 122 valence electrons. The highest BCUT2D eigenvalue weighted by molar-refractivity contribution is 5.95. The Bertz CT molecular complexity index is 517. The van der Waals surface area contributed by atoms with Gasteiger partial charge >= 0.3 is 0 Å². The molecule has 0 saturated carbocycles. The molecule has 0 heterocycles. The smallest absolute Gasteiger partial charge is 0.243 e. The topological polar surface area (TPSA) is 93.5 Å². The van der Waals surface area contributed by atoms with Gasteiger partial charge < -0.3 is 21.1 Å². The molecular weight excluding hydrogens is 282 g/mol.